The Balaban J connectivity index is 1.40. The first kappa shape index (κ1) is 24.6. The van der Waals surface area contributed by atoms with Crippen molar-refractivity contribution in [3.8, 4) is 23.0 Å². The van der Waals surface area contributed by atoms with Crippen molar-refractivity contribution in [2.75, 3.05) is 0 Å². The summed E-state index contributed by atoms with van der Waals surface area (Å²) in [5.74, 6) is 0.666. The molecule has 0 bridgehead atoms. The first-order valence-corrected chi connectivity index (χ1v) is 14.7. The summed E-state index contributed by atoms with van der Waals surface area (Å²) in [7, 11) is 0. The predicted octanol–water partition coefficient (Wildman–Crippen LogP) is 8.31. The Bertz CT molecular complexity index is 1950. The number of rotatable bonds is 5. The van der Waals surface area contributed by atoms with Gasteiger partial charge in [0.15, 0.2) is 0 Å². The molecule has 40 heavy (non-hydrogen) atoms. The van der Waals surface area contributed by atoms with E-state index in [1.54, 1.807) is 11.3 Å². The van der Waals surface area contributed by atoms with Gasteiger partial charge in [-0.3, -0.25) is 0 Å². The van der Waals surface area contributed by atoms with Crippen molar-refractivity contribution in [1.29, 1.82) is 5.26 Å². The quantitative estimate of drug-likeness (QED) is 0.207. The van der Waals surface area contributed by atoms with Crippen molar-refractivity contribution in [2.24, 2.45) is 5.92 Å². The molecule has 7 rings (SSSR count). The van der Waals surface area contributed by atoms with Gasteiger partial charge in [0.05, 0.1) is 17.0 Å². The van der Waals surface area contributed by atoms with Gasteiger partial charge in [-0.2, -0.15) is 10.4 Å². The zero-order valence-electron chi connectivity index (χ0n) is 22.6. The molecule has 3 aromatic heterocycles. The summed E-state index contributed by atoms with van der Waals surface area (Å²) in [6.45, 7) is 5.38. The van der Waals surface area contributed by atoms with Crippen LogP contribution >= 0.6 is 11.3 Å². The fraction of sp³-hybridized carbons (Fsp3) is 0.206. The van der Waals surface area contributed by atoms with Gasteiger partial charge in [0.1, 0.15) is 16.8 Å². The van der Waals surface area contributed by atoms with Gasteiger partial charge in [0, 0.05) is 50.6 Å². The van der Waals surface area contributed by atoms with Crippen molar-refractivity contribution >= 4 is 44.8 Å². The fourth-order valence-electron chi connectivity index (χ4n) is 5.92. The van der Waals surface area contributed by atoms with E-state index in [2.05, 4.69) is 66.9 Å². The van der Waals surface area contributed by atoms with Gasteiger partial charge >= 0.3 is 0 Å². The second-order valence-electron chi connectivity index (χ2n) is 10.6. The zero-order chi connectivity index (χ0) is 27.2. The summed E-state index contributed by atoms with van der Waals surface area (Å²) < 4.78 is 4.26. The second kappa shape index (κ2) is 9.93. The number of nitrogens with zero attached hydrogens (tertiary/aromatic N) is 5. The van der Waals surface area contributed by atoms with Crippen LogP contribution in [-0.2, 0) is 19.4 Å². The number of aryl methyl sites for hydroxylation is 2. The Morgan fingerprint density at radius 3 is 2.67 bits per heavy atom. The third-order valence-corrected chi connectivity index (χ3v) is 9.12. The maximum atomic E-state index is 10.2. The van der Waals surface area contributed by atoms with Crippen LogP contribution in [0.25, 0.3) is 50.4 Å². The summed E-state index contributed by atoms with van der Waals surface area (Å²) in [6, 6.07) is 27.7. The van der Waals surface area contributed by atoms with Gasteiger partial charge in [-0.05, 0) is 68.5 Å². The van der Waals surface area contributed by atoms with E-state index < -0.39 is 0 Å². The van der Waals surface area contributed by atoms with Gasteiger partial charge in [0.2, 0.25) is 0 Å². The number of fused-ring (bicyclic) bond motifs is 4. The molecular formula is C34H29N5S. The molecule has 6 aromatic rings. The third-order valence-electron chi connectivity index (χ3n) is 7.96. The summed E-state index contributed by atoms with van der Waals surface area (Å²) in [5, 5.41) is 18.6. The molecule has 0 saturated carbocycles. The van der Waals surface area contributed by atoms with Crippen molar-refractivity contribution in [3.63, 3.8) is 0 Å². The van der Waals surface area contributed by atoms with E-state index in [1.807, 2.05) is 47.3 Å². The topological polar surface area (TPSA) is 59.4 Å². The Kier molecular flexibility index (Phi) is 6.10. The van der Waals surface area contributed by atoms with E-state index in [1.165, 1.54) is 26.7 Å². The molecule has 6 heteroatoms. The third kappa shape index (κ3) is 4.14. The van der Waals surface area contributed by atoms with Crippen molar-refractivity contribution < 1.29 is 0 Å². The number of hydrogen-bond acceptors (Lipinski definition) is 4. The van der Waals surface area contributed by atoms with Crippen molar-refractivity contribution in [1.82, 2.24) is 19.3 Å². The van der Waals surface area contributed by atoms with Gasteiger partial charge in [-0.25, -0.2) is 9.67 Å². The van der Waals surface area contributed by atoms with Crippen molar-refractivity contribution in [3.05, 3.63) is 100 Å². The minimum Gasteiger partial charge on any atom is -0.341 e. The second-order valence-corrected chi connectivity index (χ2v) is 11.7. The molecule has 0 spiro atoms. The molecule has 196 valence electrons. The largest absolute Gasteiger partial charge is 0.341 e. The van der Waals surface area contributed by atoms with Crippen LogP contribution in [0.15, 0.2) is 79.0 Å². The van der Waals surface area contributed by atoms with E-state index >= 15 is 0 Å². The Morgan fingerprint density at radius 2 is 1.85 bits per heavy atom. The highest BCUT2D eigenvalue weighted by Gasteiger charge is 2.22. The van der Waals surface area contributed by atoms with Crippen LogP contribution in [0.2, 0.25) is 0 Å². The Labute approximate surface area is 237 Å². The van der Waals surface area contributed by atoms with E-state index in [-0.39, 0.29) is 0 Å². The predicted molar refractivity (Wildman–Crippen MR) is 164 cm³/mol. The average Bonchev–Trinajstić information content (AvgIpc) is 3.69. The summed E-state index contributed by atoms with van der Waals surface area (Å²) in [4.78, 5) is 6.23. The van der Waals surface area contributed by atoms with Gasteiger partial charge in [-0.1, -0.05) is 49.4 Å². The maximum Gasteiger partial charge on any atom is 0.134 e. The summed E-state index contributed by atoms with van der Waals surface area (Å²) in [5.41, 5.74) is 7.96. The minimum absolute atomic E-state index is 0.588. The molecule has 1 atom stereocenters. The van der Waals surface area contributed by atoms with Crippen LogP contribution in [0.4, 0.5) is 0 Å². The van der Waals surface area contributed by atoms with Gasteiger partial charge in [-0.15, -0.1) is 11.3 Å². The van der Waals surface area contributed by atoms with Gasteiger partial charge < -0.3 is 4.57 Å². The lowest BCUT2D eigenvalue weighted by Crippen LogP contribution is -2.09. The molecule has 0 aliphatic heterocycles. The standard InChI is InChI=1S/C34H29N5S/c1-3-38-30-12-8-7-11-27(30)28-19-23(14-16-31(28)38)33-25(21-39(37-33)26-9-5-4-6-10-26)18-24(20-35)34-36-29-15-13-22(2)17-32(29)40-34/h4-12,14,16,18-19,21-22H,3,13,15,17H2,1-2H3/b24-18-. The SMILES string of the molecule is CCn1c2ccccc2c2cc(-c3nn(-c4ccccc4)cc3/C=C(/C#N)c3nc4c(s3)CC(C)CC4)ccc21. The lowest BCUT2D eigenvalue weighted by atomic mass is 9.93. The molecule has 0 radical (unpaired) electrons. The van der Waals surface area contributed by atoms with E-state index in [9.17, 15) is 5.26 Å². The molecule has 0 N–H and O–H groups in total. The molecule has 1 unspecified atom stereocenters. The molecular weight excluding hydrogens is 510 g/mol. The van der Waals surface area contributed by atoms with Crippen LogP contribution < -0.4 is 0 Å². The molecule has 3 aromatic carbocycles. The smallest absolute Gasteiger partial charge is 0.134 e. The normalized spacial score (nSPS) is 15.4. The zero-order valence-corrected chi connectivity index (χ0v) is 23.4. The van der Waals surface area contributed by atoms with Crippen LogP contribution in [0.1, 0.15) is 41.4 Å². The number of allylic oxidation sites excluding steroid dienone is 1. The molecule has 5 nitrogen and oxygen atoms in total. The number of hydrogen-bond donors (Lipinski definition) is 0. The Hall–Kier alpha value is -4.47. The number of aromatic nitrogens is 4. The average molecular weight is 540 g/mol. The van der Waals surface area contributed by atoms with Crippen LogP contribution in [0.5, 0.6) is 0 Å². The van der Waals surface area contributed by atoms with Crippen LogP contribution in [-0.4, -0.2) is 19.3 Å². The first-order valence-electron chi connectivity index (χ1n) is 13.9. The van der Waals surface area contributed by atoms with E-state index in [0.29, 0.717) is 11.5 Å². The fourth-order valence-corrected chi connectivity index (χ4v) is 7.16. The first-order chi connectivity index (χ1) is 19.6. The lowest BCUT2D eigenvalue weighted by Gasteiger charge is -2.15. The van der Waals surface area contributed by atoms with Crippen molar-refractivity contribution in [2.45, 2.75) is 39.7 Å². The number of benzene rings is 3. The van der Waals surface area contributed by atoms with Crippen LogP contribution in [0.3, 0.4) is 0 Å². The van der Waals surface area contributed by atoms with Crippen LogP contribution in [0, 0.1) is 17.2 Å². The number of nitriles is 1. The highest BCUT2D eigenvalue weighted by Crippen LogP contribution is 2.36. The van der Waals surface area contributed by atoms with E-state index in [0.717, 1.165) is 59.0 Å². The highest BCUT2D eigenvalue weighted by molar-refractivity contribution is 7.13. The molecule has 0 fully saturated rings. The summed E-state index contributed by atoms with van der Waals surface area (Å²) >= 11 is 1.67. The minimum atomic E-state index is 0.588. The highest BCUT2D eigenvalue weighted by atomic mass is 32.1. The lowest BCUT2D eigenvalue weighted by molar-refractivity contribution is 0.502. The molecule has 0 saturated heterocycles. The number of thiazole rings is 1. The van der Waals surface area contributed by atoms with E-state index in [4.69, 9.17) is 10.1 Å². The monoisotopic (exact) mass is 539 g/mol. The van der Waals surface area contributed by atoms with Gasteiger partial charge in [0.25, 0.3) is 0 Å². The molecule has 0 amide bonds. The molecule has 3 heterocycles. The summed E-state index contributed by atoms with van der Waals surface area (Å²) in [6.07, 6.45) is 7.20. The maximum absolute atomic E-state index is 10.2. The number of para-hydroxylation sites is 2. The molecule has 1 aliphatic rings. The Morgan fingerprint density at radius 1 is 1.05 bits per heavy atom. The molecule has 1 aliphatic carbocycles.